The number of rotatable bonds is 4. The van der Waals surface area contributed by atoms with Crippen molar-refractivity contribution in [3.8, 4) is 11.5 Å². The highest BCUT2D eigenvalue weighted by Gasteiger charge is 2.15. The molecule has 2 N–H and O–H groups in total. The zero-order chi connectivity index (χ0) is 17.2. The van der Waals surface area contributed by atoms with Gasteiger partial charge >= 0.3 is 6.03 Å². The first kappa shape index (κ1) is 15.4. The first-order valence-electron chi connectivity index (χ1n) is 8.12. The second-order valence-electron chi connectivity index (χ2n) is 6.02. The second-order valence-corrected chi connectivity index (χ2v) is 6.02. The molecule has 0 saturated heterocycles. The standard InChI is InChI=1S/C19H18N2O4/c1-12(8-15-9-13-4-2-3-5-16(13)25-15)20-19(22)21-14-6-7-17-18(10-14)24-11-23-17/h2-7,9-10,12H,8,11H2,1H3,(H2,20,21,22)/t12-/m0/s1. The number of fused-ring (bicyclic) bond motifs is 2. The average molecular weight is 338 g/mol. The number of benzene rings is 2. The minimum atomic E-state index is -0.275. The van der Waals surface area contributed by atoms with Crippen LogP contribution in [0.2, 0.25) is 0 Å². The Kier molecular flexibility index (Phi) is 3.93. The van der Waals surface area contributed by atoms with Gasteiger partial charge in [-0.05, 0) is 31.2 Å². The number of amides is 2. The zero-order valence-corrected chi connectivity index (χ0v) is 13.7. The van der Waals surface area contributed by atoms with Crippen LogP contribution in [0.3, 0.4) is 0 Å². The highest BCUT2D eigenvalue weighted by molar-refractivity contribution is 5.89. The predicted molar refractivity (Wildman–Crippen MR) is 94.1 cm³/mol. The highest BCUT2D eigenvalue weighted by atomic mass is 16.7. The molecule has 0 radical (unpaired) electrons. The predicted octanol–water partition coefficient (Wildman–Crippen LogP) is 3.91. The van der Waals surface area contributed by atoms with E-state index in [4.69, 9.17) is 13.9 Å². The summed E-state index contributed by atoms with van der Waals surface area (Å²) >= 11 is 0. The van der Waals surface area contributed by atoms with Crippen LogP contribution >= 0.6 is 0 Å². The van der Waals surface area contributed by atoms with E-state index in [0.29, 0.717) is 23.6 Å². The molecule has 6 nitrogen and oxygen atoms in total. The molecular formula is C19H18N2O4. The fourth-order valence-corrected chi connectivity index (χ4v) is 2.86. The summed E-state index contributed by atoms with van der Waals surface area (Å²) in [6.45, 7) is 2.14. The van der Waals surface area contributed by atoms with Gasteiger partial charge in [-0.1, -0.05) is 18.2 Å². The number of ether oxygens (including phenoxy) is 2. The van der Waals surface area contributed by atoms with Crippen LogP contribution in [-0.2, 0) is 6.42 Å². The van der Waals surface area contributed by atoms with Gasteiger partial charge in [0.15, 0.2) is 11.5 Å². The molecule has 1 aromatic heterocycles. The molecule has 6 heteroatoms. The summed E-state index contributed by atoms with van der Waals surface area (Å²) in [4.78, 5) is 12.2. The van der Waals surface area contributed by atoms with E-state index in [-0.39, 0.29) is 18.9 Å². The van der Waals surface area contributed by atoms with Crippen LogP contribution in [-0.4, -0.2) is 18.9 Å². The topological polar surface area (TPSA) is 72.7 Å². The zero-order valence-electron chi connectivity index (χ0n) is 13.7. The number of nitrogens with one attached hydrogen (secondary N) is 2. The highest BCUT2D eigenvalue weighted by Crippen LogP contribution is 2.34. The van der Waals surface area contributed by atoms with Crippen LogP contribution in [0, 0.1) is 0 Å². The second kappa shape index (κ2) is 6.39. The number of furan rings is 1. The Hall–Kier alpha value is -3.15. The van der Waals surface area contributed by atoms with E-state index in [1.165, 1.54) is 0 Å². The van der Waals surface area contributed by atoms with Gasteiger partial charge in [0.2, 0.25) is 6.79 Å². The molecule has 4 rings (SSSR count). The summed E-state index contributed by atoms with van der Waals surface area (Å²) in [6, 6.07) is 14.8. The van der Waals surface area contributed by atoms with E-state index in [2.05, 4.69) is 10.6 Å². The van der Waals surface area contributed by atoms with Crippen molar-refractivity contribution in [2.45, 2.75) is 19.4 Å². The molecule has 0 bridgehead atoms. The van der Waals surface area contributed by atoms with Crippen LogP contribution in [0.25, 0.3) is 11.0 Å². The SMILES string of the molecule is C[C@@H](Cc1cc2ccccc2o1)NC(=O)Nc1ccc2c(c1)OCO2. The van der Waals surface area contributed by atoms with Crippen LogP contribution in [0.5, 0.6) is 11.5 Å². The summed E-state index contributed by atoms with van der Waals surface area (Å²) in [6.07, 6.45) is 0.614. The lowest BCUT2D eigenvalue weighted by Gasteiger charge is -2.13. The average Bonchev–Trinajstić information content (AvgIpc) is 3.19. The molecular weight excluding hydrogens is 320 g/mol. The van der Waals surface area contributed by atoms with E-state index < -0.39 is 0 Å². The fraction of sp³-hybridized carbons (Fsp3) is 0.211. The number of para-hydroxylation sites is 1. The molecule has 0 saturated carbocycles. The Labute approximate surface area is 144 Å². The van der Waals surface area contributed by atoms with E-state index >= 15 is 0 Å². The molecule has 0 unspecified atom stereocenters. The van der Waals surface area contributed by atoms with Crippen LogP contribution in [0.1, 0.15) is 12.7 Å². The minimum Gasteiger partial charge on any atom is -0.461 e. The molecule has 1 aliphatic rings. The molecule has 3 aromatic rings. The quantitative estimate of drug-likeness (QED) is 0.756. The normalized spacial score (nSPS) is 13.6. The number of carbonyl (C=O) groups excluding carboxylic acids is 1. The van der Waals surface area contributed by atoms with E-state index in [1.807, 2.05) is 37.3 Å². The van der Waals surface area contributed by atoms with Gasteiger partial charge in [0.1, 0.15) is 11.3 Å². The van der Waals surface area contributed by atoms with Crippen molar-refractivity contribution in [1.82, 2.24) is 5.32 Å². The summed E-state index contributed by atoms with van der Waals surface area (Å²) in [5, 5.41) is 6.77. The lowest BCUT2D eigenvalue weighted by atomic mass is 10.2. The Bertz CT molecular complexity index is 886. The monoisotopic (exact) mass is 338 g/mol. The number of anilines is 1. The van der Waals surface area contributed by atoms with Crippen molar-refractivity contribution in [3.05, 3.63) is 54.3 Å². The molecule has 1 aliphatic heterocycles. The molecule has 0 fully saturated rings. The van der Waals surface area contributed by atoms with Crippen molar-refractivity contribution in [1.29, 1.82) is 0 Å². The molecule has 0 spiro atoms. The smallest absolute Gasteiger partial charge is 0.319 e. The lowest BCUT2D eigenvalue weighted by molar-refractivity contribution is 0.174. The Morgan fingerprint density at radius 2 is 1.96 bits per heavy atom. The van der Waals surface area contributed by atoms with Crippen LogP contribution < -0.4 is 20.1 Å². The van der Waals surface area contributed by atoms with Crippen LogP contribution in [0.4, 0.5) is 10.5 Å². The molecule has 128 valence electrons. The van der Waals surface area contributed by atoms with Crippen LogP contribution in [0.15, 0.2) is 52.9 Å². The van der Waals surface area contributed by atoms with Crippen molar-refractivity contribution in [2.75, 3.05) is 12.1 Å². The van der Waals surface area contributed by atoms with Gasteiger partial charge in [-0.25, -0.2) is 4.79 Å². The van der Waals surface area contributed by atoms with Crippen molar-refractivity contribution in [2.24, 2.45) is 0 Å². The summed E-state index contributed by atoms with van der Waals surface area (Å²) in [7, 11) is 0. The fourth-order valence-electron chi connectivity index (χ4n) is 2.86. The largest absolute Gasteiger partial charge is 0.461 e. The number of hydrogen-bond acceptors (Lipinski definition) is 4. The maximum absolute atomic E-state index is 12.2. The first-order valence-corrected chi connectivity index (χ1v) is 8.12. The van der Waals surface area contributed by atoms with Gasteiger partial charge in [-0.3, -0.25) is 0 Å². The van der Waals surface area contributed by atoms with E-state index in [1.54, 1.807) is 18.2 Å². The summed E-state index contributed by atoms with van der Waals surface area (Å²) in [5.41, 5.74) is 1.51. The molecule has 25 heavy (non-hydrogen) atoms. The number of hydrogen-bond donors (Lipinski definition) is 2. The van der Waals surface area contributed by atoms with Gasteiger partial charge in [0.25, 0.3) is 0 Å². The third-order valence-corrected chi connectivity index (χ3v) is 3.99. The van der Waals surface area contributed by atoms with Gasteiger partial charge in [-0.2, -0.15) is 0 Å². The minimum absolute atomic E-state index is 0.0745. The first-order chi connectivity index (χ1) is 12.2. The summed E-state index contributed by atoms with van der Waals surface area (Å²) < 4.78 is 16.3. The summed E-state index contributed by atoms with van der Waals surface area (Å²) in [5.74, 6) is 2.16. The Morgan fingerprint density at radius 1 is 1.12 bits per heavy atom. The maximum Gasteiger partial charge on any atom is 0.319 e. The van der Waals surface area contributed by atoms with Crippen molar-refractivity contribution < 1.29 is 18.7 Å². The third-order valence-electron chi connectivity index (χ3n) is 3.99. The number of carbonyl (C=O) groups is 1. The molecule has 2 aromatic carbocycles. The van der Waals surface area contributed by atoms with Crippen molar-refractivity contribution >= 4 is 22.7 Å². The van der Waals surface area contributed by atoms with E-state index in [9.17, 15) is 4.79 Å². The maximum atomic E-state index is 12.2. The molecule has 1 atom stereocenters. The van der Waals surface area contributed by atoms with E-state index in [0.717, 1.165) is 16.7 Å². The van der Waals surface area contributed by atoms with Crippen molar-refractivity contribution in [3.63, 3.8) is 0 Å². The lowest BCUT2D eigenvalue weighted by Crippen LogP contribution is -2.37. The Morgan fingerprint density at radius 3 is 2.84 bits per heavy atom. The van der Waals surface area contributed by atoms with Gasteiger partial charge < -0.3 is 24.5 Å². The molecule has 2 amide bonds. The van der Waals surface area contributed by atoms with Gasteiger partial charge in [0.05, 0.1) is 0 Å². The molecule has 0 aliphatic carbocycles. The van der Waals surface area contributed by atoms with Gasteiger partial charge in [0, 0.05) is 29.6 Å². The number of urea groups is 1. The molecule has 2 heterocycles. The van der Waals surface area contributed by atoms with Gasteiger partial charge in [-0.15, -0.1) is 0 Å². The Balaban J connectivity index is 1.35. The third kappa shape index (κ3) is 3.38.